The number of unbranched alkanes of at least 4 members (excludes halogenated alkanes) is 2. The number of carbonyl (C=O) groups is 6. The van der Waals surface area contributed by atoms with Gasteiger partial charge in [0.15, 0.2) is 0 Å². The van der Waals surface area contributed by atoms with E-state index in [-0.39, 0.29) is 44.4 Å². The molecule has 6 amide bonds. The van der Waals surface area contributed by atoms with Crippen LogP contribution in [0.4, 0.5) is 0 Å². The third kappa shape index (κ3) is 14.9. The van der Waals surface area contributed by atoms with Crippen LogP contribution in [0.15, 0.2) is 78.9 Å². The Balaban J connectivity index is 1.73. The number of hydrogen-bond donors (Lipinski definition) is 9. The van der Waals surface area contributed by atoms with Crippen molar-refractivity contribution in [2.45, 2.75) is 114 Å². The monoisotopic (exact) mass is 825 g/mol. The van der Waals surface area contributed by atoms with Crippen molar-refractivity contribution >= 4 is 35.4 Å². The fraction of sp³-hybridized carbons (Fsp3) is 0.467. The lowest BCUT2D eigenvalue weighted by molar-refractivity contribution is -0.135. The summed E-state index contributed by atoms with van der Waals surface area (Å²) in [7, 11) is 0. The van der Waals surface area contributed by atoms with Crippen LogP contribution < -0.4 is 49.5 Å². The fourth-order valence-corrected chi connectivity index (χ4v) is 7.12. The normalized spacial score (nSPS) is 22.4. The lowest BCUT2D eigenvalue weighted by Crippen LogP contribution is -2.60. The molecule has 0 saturated carbocycles. The fourth-order valence-electron chi connectivity index (χ4n) is 7.12. The van der Waals surface area contributed by atoms with Crippen LogP contribution in [0.1, 0.15) is 75.5 Å². The molecular weight excluding hydrogens is 763 g/mol. The average Bonchev–Trinajstić information content (AvgIpc) is 3.22. The first-order valence-electron chi connectivity index (χ1n) is 21.0. The first kappa shape index (κ1) is 47.0. The topological polar surface area (TPSA) is 267 Å². The zero-order valence-corrected chi connectivity index (χ0v) is 34.8. The summed E-state index contributed by atoms with van der Waals surface area (Å²) in [4.78, 5) is 82.4. The summed E-state index contributed by atoms with van der Waals surface area (Å²) in [6.45, 7) is 4.51. The number of carbonyl (C=O) groups excluding carboxylic acids is 6. The van der Waals surface area contributed by atoms with Crippen molar-refractivity contribution in [3.8, 4) is 11.1 Å². The number of nitrogens with two attached hydrogens (primary N) is 4. The quantitative estimate of drug-likeness (QED) is 0.112. The van der Waals surface area contributed by atoms with Crippen LogP contribution in [0.5, 0.6) is 0 Å². The van der Waals surface area contributed by atoms with Gasteiger partial charge < -0.3 is 49.5 Å². The Hall–Kier alpha value is -5.64. The third-order valence-corrected chi connectivity index (χ3v) is 10.5. The van der Waals surface area contributed by atoms with Gasteiger partial charge in [-0.3, -0.25) is 28.8 Å². The van der Waals surface area contributed by atoms with Crippen LogP contribution in [-0.2, 0) is 48.0 Å². The highest BCUT2D eigenvalue weighted by molar-refractivity contribution is 5.96. The summed E-state index contributed by atoms with van der Waals surface area (Å²) in [5.41, 5.74) is 27.9. The van der Waals surface area contributed by atoms with E-state index in [4.69, 9.17) is 22.9 Å². The lowest BCUT2D eigenvalue weighted by Gasteiger charge is -2.28. The van der Waals surface area contributed by atoms with E-state index >= 15 is 0 Å². The Labute approximate surface area is 352 Å². The van der Waals surface area contributed by atoms with Gasteiger partial charge >= 0.3 is 0 Å². The highest BCUT2D eigenvalue weighted by atomic mass is 16.2. The van der Waals surface area contributed by atoms with Crippen molar-refractivity contribution in [2.24, 2.45) is 28.9 Å². The zero-order valence-electron chi connectivity index (χ0n) is 34.8. The molecular formula is C45H63N9O6. The zero-order chi connectivity index (χ0) is 43.6. The van der Waals surface area contributed by atoms with Crippen LogP contribution in [0, 0.1) is 5.92 Å². The summed E-state index contributed by atoms with van der Waals surface area (Å²) in [5.74, 6) is -3.75. The summed E-state index contributed by atoms with van der Waals surface area (Å²) in [6.07, 6.45) is 3.17. The predicted octanol–water partition coefficient (Wildman–Crippen LogP) is 1.24. The van der Waals surface area contributed by atoms with Gasteiger partial charge in [-0.05, 0) is 98.2 Å². The van der Waals surface area contributed by atoms with E-state index in [2.05, 4.69) is 26.6 Å². The van der Waals surface area contributed by atoms with Gasteiger partial charge in [0.1, 0.15) is 30.2 Å². The Morgan fingerprint density at radius 2 is 1.03 bits per heavy atom. The number of nitrogens with one attached hydrogen (secondary N) is 5. The van der Waals surface area contributed by atoms with E-state index in [9.17, 15) is 28.8 Å². The van der Waals surface area contributed by atoms with E-state index in [1.165, 1.54) is 0 Å². The van der Waals surface area contributed by atoms with Gasteiger partial charge in [0.2, 0.25) is 35.4 Å². The van der Waals surface area contributed by atoms with Gasteiger partial charge in [-0.25, -0.2) is 0 Å². The molecule has 0 unspecified atom stereocenters. The van der Waals surface area contributed by atoms with Gasteiger partial charge in [-0.15, -0.1) is 0 Å². The molecule has 3 aliphatic heterocycles. The Morgan fingerprint density at radius 3 is 1.52 bits per heavy atom. The molecule has 3 heterocycles. The molecule has 6 rings (SSSR count). The highest BCUT2D eigenvalue weighted by Gasteiger charge is 2.33. The molecule has 3 aliphatic rings. The van der Waals surface area contributed by atoms with E-state index in [1.807, 2.05) is 92.7 Å². The number of amides is 6. The Morgan fingerprint density at radius 1 is 0.583 bits per heavy atom. The molecule has 0 spiro atoms. The van der Waals surface area contributed by atoms with Crippen LogP contribution in [0.25, 0.3) is 11.1 Å². The summed E-state index contributed by atoms with van der Waals surface area (Å²) >= 11 is 0. The minimum absolute atomic E-state index is 0.0404. The molecule has 13 N–H and O–H groups in total. The summed E-state index contributed by atoms with van der Waals surface area (Å²) < 4.78 is 0. The molecule has 0 aliphatic carbocycles. The molecule has 3 aromatic carbocycles. The second kappa shape index (κ2) is 23.8. The molecule has 0 saturated heterocycles. The molecule has 3 aromatic rings. The van der Waals surface area contributed by atoms with Gasteiger partial charge in [-0.2, -0.15) is 0 Å². The van der Waals surface area contributed by atoms with Crippen molar-refractivity contribution in [1.29, 1.82) is 0 Å². The Bertz CT molecular complexity index is 1870. The standard InChI is InChI=1S/C45H63N9O6/c1-28(2)24-38-44(59)52-37(40(49)55)26-31-16-20-33(21-17-31)32-18-14-30(15-19-32)25-34(48)41(56)53-39(27-29-10-4-3-5-11-29)45(60)51-35(12-6-8-22-46)42(57)50-36(43(58)54-38)13-7-9-23-47/h3-5,10-11,14-21,28,34-39H,6-9,12-13,22-27,46-48H2,1-2H3,(H2,49,55)(H,50,57)(H,51,60)(H,52,59)(H,53,56)(H,54,58)/t34-,35-,36-,37-,38-,39-/m0/s1. The van der Waals surface area contributed by atoms with Gasteiger partial charge in [0, 0.05) is 12.8 Å². The number of fused-ring (bicyclic) bond motifs is 2. The molecule has 0 aromatic heterocycles. The number of rotatable bonds is 13. The lowest BCUT2D eigenvalue weighted by atomic mass is 9.97. The van der Waals surface area contributed by atoms with E-state index < -0.39 is 71.7 Å². The predicted molar refractivity (Wildman–Crippen MR) is 232 cm³/mol. The second-order valence-corrected chi connectivity index (χ2v) is 16.0. The molecule has 15 heteroatoms. The number of primary amides is 1. The SMILES string of the molecule is CC(C)C[C@@H]1NC(=O)[C@H](CCCCN)NC(=O)[C@H](CCCCN)NC(=O)[C@H](Cc2ccccc2)NC(=O)[C@@H](N)Cc2ccc(cc2)-c2ccc(cc2)C[C@@H](C(N)=O)NC1=O. The maximum Gasteiger partial charge on any atom is 0.243 e. The first-order chi connectivity index (χ1) is 28.8. The summed E-state index contributed by atoms with van der Waals surface area (Å²) in [5, 5.41) is 14.1. The van der Waals surface area contributed by atoms with Gasteiger partial charge in [0.05, 0.1) is 6.04 Å². The molecule has 60 heavy (non-hydrogen) atoms. The minimum atomic E-state index is -1.10. The van der Waals surface area contributed by atoms with Crippen molar-refractivity contribution in [1.82, 2.24) is 26.6 Å². The van der Waals surface area contributed by atoms with Crippen LogP contribution in [0.3, 0.4) is 0 Å². The summed E-state index contributed by atoms with van der Waals surface area (Å²) in [6, 6.07) is 17.8. The molecule has 324 valence electrons. The van der Waals surface area contributed by atoms with Crippen LogP contribution >= 0.6 is 0 Å². The van der Waals surface area contributed by atoms with E-state index in [0.29, 0.717) is 38.8 Å². The highest BCUT2D eigenvalue weighted by Crippen LogP contribution is 2.22. The van der Waals surface area contributed by atoms with E-state index in [1.54, 1.807) is 0 Å². The van der Waals surface area contributed by atoms with E-state index in [0.717, 1.165) is 27.8 Å². The molecule has 4 bridgehead atoms. The number of hydrogen-bond acceptors (Lipinski definition) is 9. The molecule has 15 nitrogen and oxygen atoms in total. The third-order valence-electron chi connectivity index (χ3n) is 10.5. The number of benzene rings is 3. The average molecular weight is 826 g/mol. The maximum atomic E-state index is 14.1. The smallest absolute Gasteiger partial charge is 0.243 e. The van der Waals surface area contributed by atoms with Crippen molar-refractivity contribution in [3.05, 3.63) is 95.6 Å². The minimum Gasteiger partial charge on any atom is -0.368 e. The second-order valence-electron chi connectivity index (χ2n) is 16.0. The van der Waals surface area contributed by atoms with Crippen LogP contribution in [0.2, 0.25) is 0 Å². The maximum absolute atomic E-state index is 14.1. The first-order valence-corrected chi connectivity index (χ1v) is 21.0. The van der Waals surface area contributed by atoms with Crippen molar-refractivity contribution in [3.63, 3.8) is 0 Å². The molecule has 6 atom stereocenters. The van der Waals surface area contributed by atoms with Crippen molar-refractivity contribution in [2.75, 3.05) is 13.1 Å². The Kier molecular flexibility index (Phi) is 18.7. The molecule has 0 radical (unpaired) electrons. The van der Waals surface area contributed by atoms with Crippen LogP contribution in [-0.4, -0.2) is 84.8 Å². The van der Waals surface area contributed by atoms with Gasteiger partial charge in [0.25, 0.3) is 0 Å². The van der Waals surface area contributed by atoms with Crippen molar-refractivity contribution < 1.29 is 28.8 Å². The molecule has 0 fully saturated rings. The largest absolute Gasteiger partial charge is 0.368 e. The van der Waals surface area contributed by atoms with Gasteiger partial charge in [-0.1, -0.05) is 92.7 Å².